The van der Waals surface area contributed by atoms with E-state index in [4.69, 9.17) is 15.6 Å². The van der Waals surface area contributed by atoms with Gasteiger partial charge in [-0.3, -0.25) is 10.1 Å². The highest BCUT2D eigenvalue weighted by atomic mass is 16.6. The van der Waals surface area contributed by atoms with Gasteiger partial charge >= 0.3 is 0 Å². The van der Waals surface area contributed by atoms with Crippen molar-refractivity contribution < 1.29 is 14.8 Å². The zero-order valence-corrected chi connectivity index (χ0v) is 8.92. The van der Waals surface area contributed by atoms with E-state index in [-0.39, 0.29) is 18.8 Å². The van der Waals surface area contributed by atoms with Crippen molar-refractivity contribution in [2.75, 3.05) is 13.2 Å². The molecule has 0 spiro atoms. The molecule has 16 heavy (non-hydrogen) atoms. The first-order valence-electron chi connectivity index (χ1n) is 4.80. The second-order valence-corrected chi connectivity index (χ2v) is 3.41. The predicted octanol–water partition coefficient (Wildman–Crippen LogP) is 0.602. The van der Waals surface area contributed by atoms with Crippen LogP contribution in [0.3, 0.4) is 0 Å². The minimum Gasteiger partial charge on any atom is -0.491 e. The first-order valence-corrected chi connectivity index (χ1v) is 4.80. The van der Waals surface area contributed by atoms with E-state index < -0.39 is 11.0 Å². The zero-order valence-electron chi connectivity index (χ0n) is 8.92. The Balaban J connectivity index is 2.75. The summed E-state index contributed by atoms with van der Waals surface area (Å²) < 4.78 is 5.17. The molecule has 1 unspecified atom stereocenters. The van der Waals surface area contributed by atoms with E-state index in [9.17, 15) is 10.1 Å². The van der Waals surface area contributed by atoms with Crippen LogP contribution in [0.5, 0.6) is 5.75 Å². The van der Waals surface area contributed by atoms with Gasteiger partial charge in [-0.15, -0.1) is 0 Å². The highest BCUT2D eigenvalue weighted by molar-refractivity contribution is 5.45. The highest BCUT2D eigenvalue weighted by Crippen LogP contribution is 2.23. The van der Waals surface area contributed by atoms with Gasteiger partial charge in [-0.25, -0.2) is 0 Å². The number of aliphatic hydroxyl groups is 1. The molecular weight excluding hydrogens is 212 g/mol. The molecule has 0 heterocycles. The number of nitrogens with two attached hydrogens (primary N) is 1. The monoisotopic (exact) mass is 226 g/mol. The molecule has 3 N–H and O–H groups in total. The van der Waals surface area contributed by atoms with Crippen molar-refractivity contribution in [3.63, 3.8) is 0 Å². The number of ether oxygens (including phenoxy) is 1. The smallest absolute Gasteiger partial charge is 0.276 e. The minimum absolute atomic E-state index is 0.000242. The summed E-state index contributed by atoms with van der Waals surface area (Å²) in [7, 11) is 0. The Kier molecular flexibility index (Phi) is 4.21. The summed E-state index contributed by atoms with van der Waals surface area (Å²) in [4.78, 5) is 10.2. The Morgan fingerprint density at radius 2 is 2.31 bits per heavy atom. The average molecular weight is 226 g/mol. The second-order valence-electron chi connectivity index (χ2n) is 3.41. The lowest BCUT2D eigenvalue weighted by Gasteiger charge is -2.10. The van der Waals surface area contributed by atoms with Gasteiger partial charge in [0.05, 0.1) is 11.0 Å². The largest absolute Gasteiger partial charge is 0.491 e. The highest BCUT2D eigenvalue weighted by Gasteiger charge is 2.12. The van der Waals surface area contributed by atoms with Crippen molar-refractivity contribution in [2.24, 2.45) is 5.73 Å². The summed E-state index contributed by atoms with van der Waals surface area (Å²) in [5.41, 5.74) is 5.77. The molecular formula is C10H14N2O4. The van der Waals surface area contributed by atoms with E-state index >= 15 is 0 Å². The molecule has 6 heteroatoms. The van der Waals surface area contributed by atoms with Crippen LogP contribution in [0.25, 0.3) is 0 Å². The minimum atomic E-state index is -0.764. The molecule has 0 aromatic heterocycles. The number of rotatable bonds is 5. The van der Waals surface area contributed by atoms with Gasteiger partial charge in [0.2, 0.25) is 0 Å². The molecule has 88 valence electrons. The third-order valence-corrected chi connectivity index (χ3v) is 2.09. The van der Waals surface area contributed by atoms with E-state index in [0.29, 0.717) is 11.3 Å². The molecule has 0 aliphatic heterocycles. The van der Waals surface area contributed by atoms with Crippen molar-refractivity contribution in [3.8, 4) is 5.75 Å². The van der Waals surface area contributed by atoms with E-state index in [1.54, 1.807) is 19.1 Å². The Morgan fingerprint density at radius 1 is 1.62 bits per heavy atom. The third kappa shape index (κ3) is 3.18. The predicted molar refractivity (Wildman–Crippen MR) is 58.4 cm³/mol. The molecule has 0 radical (unpaired) electrons. The van der Waals surface area contributed by atoms with Crippen LogP contribution < -0.4 is 10.5 Å². The maximum atomic E-state index is 10.6. The van der Waals surface area contributed by atoms with Crippen LogP contribution in [0, 0.1) is 17.0 Å². The standard InChI is InChI=1S/C10H14N2O4/c1-7-2-3-9(4-10(7)12(14)15)16-6-8(13)5-11/h2-4,8,13H,5-6,11H2,1H3. The Labute approximate surface area is 92.8 Å². The van der Waals surface area contributed by atoms with Crippen molar-refractivity contribution >= 4 is 5.69 Å². The quantitative estimate of drug-likeness (QED) is 0.566. The van der Waals surface area contributed by atoms with Gasteiger partial charge in [0.25, 0.3) is 5.69 Å². The zero-order chi connectivity index (χ0) is 12.1. The molecule has 1 atom stereocenters. The van der Waals surface area contributed by atoms with Crippen LogP contribution in [0.2, 0.25) is 0 Å². The fourth-order valence-electron chi connectivity index (χ4n) is 1.14. The lowest BCUT2D eigenvalue weighted by atomic mass is 10.2. The van der Waals surface area contributed by atoms with Gasteiger partial charge in [0.15, 0.2) is 0 Å². The number of aryl methyl sites for hydroxylation is 1. The fourth-order valence-corrected chi connectivity index (χ4v) is 1.14. The molecule has 0 amide bonds. The van der Waals surface area contributed by atoms with Crippen molar-refractivity contribution in [3.05, 3.63) is 33.9 Å². The van der Waals surface area contributed by atoms with Gasteiger partial charge in [-0.1, -0.05) is 0 Å². The second kappa shape index (κ2) is 5.43. The molecule has 0 fully saturated rings. The number of nitro groups is 1. The molecule has 0 saturated heterocycles. The van der Waals surface area contributed by atoms with E-state index in [1.165, 1.54) is 6.07 Å². The molecule has 6 nitrogen and oxygen atoms in total. The number of nitro benzene ring substituents is 1. The van der Waals surface area contributed by atoms with E-state index in [1.807, 2.05) is 0 Å². The van der Waals surface area contributed by atoms with E-state index in [0.717, 1.165) is 0 Å². The molecule has 0 aliphatic carbocycles. The van der Waals surface area contributed by atoms with Gasteiger partial charge in [-0.05, 0) is 19.1 Å². The summed E-state index contributed by atoms with van der Waals surface area (Å²) in [6.07, 6.45) is -0.764. The van der Waals surface area contributed by atoms with Crippen molar-refractivity contribution in [1.29, 1.82) is 0 Å². The summed E-state index contributed by atoms with van der Waals surface area (Å²) in [6.45, 7) is 1.77. The maximum absolute atomic E-state index is 10.6. The number of nitrogens with zero attached hydrogens (tertiary/aromatic N) is 1. The summed E-state index contributed by atoms with van der Waals surface area (Å²) in [6, 6.07) is 4.55. The normalized spacial score (nSPS) is 12.2. The fraction of sp³-hybridized carbons (Fsp3) is 0.400. The SMILES string of the molecule is Cc1ccc(OCC(O)CN)cc1[N+](=O)[O-]. The van der Waals surface area contributed by atoms with Crippen LogP contribution in [0.15, 0.2) is 18.2 Å². The third-order valence-electron chi connectivity index (χ3n) is 2.09. The van der Waals surface area contributed by atoms with Crippen molar-refractivity contribution in [1.82, 2.24) is 0 Å². The first-order chi connectivity index (χ1) is 7.54. The van der Waals surface area contributed by atoms with Crippen LogP contribution >= 0.6 is 0 Å². The van der Waals surface area contributed by atoms with Crippen molar-refractivity contribution in [2.45, 2.75) is 13.0 Å². The Morgan fingerprint density at radius 3 is 2.88 bits per heavy atom. The molecule has 0 aliphatic rings. The maximum Gasteiger partial charge on any atom is 0.276 e. The number of hydrogen-bond acceptors (Lipinski definition) is 5. The molecule has 1 rings (SSSR count). The molecule has 0 saturated carbocycles. The van der Waals surface area contributed by atoms with Gasteiger partial charge in [0.1, 0.15) is 18.5 Å². The topological polar surface area (TPSA) is 98.6 Å². The lowest BCUT2D eigenvalue weighted by Crippen LogP contribution is -2.26. The van der Waals surface area contributed by atoms with Crippen LogP contribution in [0.4, 0.5) is 5.69 Å². The Hall–Kier alpha value is -1.66. The summed E-state index contributed by atoms with van der Waals surface area (Å²) in [5, 5.41) is 19.8. The summed E-state index contributed by atoms with van der Waals surface area (Å²) >= 11 is 0. The lowest BCUT2D eigenvalue weighted by molar-refractivity contribution is -0.385. The Bertz CT molecular complexity index is 381. The number of hydrogen-bond donors (Lipinski definition) is 2. The number of aliphatic hydroxyl groups excluding tert-OH is 1. The van der Waals surface area contributed by atoms with Crippen LogP contribution in [-0.2, 0) is 0 Å². The van der Waals surface area contributed by atoms with E-state index in [2.05, 4.69) is 0 Å². The first kappa shape index (κ1) is 12.4. The van der Waals surface area contributed by atoms with Crippen LogP contribution in [0.1, 0.15) is 5.56 Å². The molecule has 1 aromatic carbocycles. The van der Waals surface area contributed by atoms with Gasteiger partial charge in [-0.2, -0.15) is 0 Å². The van der Waals surface area contributed by atoms with Crippen LogP contribution in [-0.4, -0.2) is 29.3 Å². The average Bonchev–Trinajstić information content (AvgIpc) is 2.27. The molecule has 1 aromatic rings. The molecule has 0 bridgehead atoms. The van der Waals surface area contributed by atoms with Gasteiger partial charge < -0.3 is 15.6 Å². The van der Waals surface area contributed by atoms with Gasteiger partial charge in [0, 0.05) is 12.1 Å². The number of benzene rings is 1. The summed E-state index contributed by atoms with van der Waals surface area (Å²) in [5.74, 6) is 0.352.